The average molecular weight is 249 g/mol. The number of likely N-dealkylation sites (tertiary alicyclic amines) is 1. The molecule has 0 aromatic carbocycles. The molecule has 1 unspecified atom stereocenters. The van der Waals surface area contributed by atoms with Gasteiger partial charge in [0.1, 0.15) is 0 Å². The molecule has 1 N–H and O–H groups in total. The molecule has 1 aromatic heterocycles. The Hall–Kier alpha value is -1.36. The molecule has 0 bridgehead atoms. The van der Waals surface area contributed by atoms with Gasteiger partial charge in [-0.1, -0.05) is 0 Å². The van der Waals surface area contributed by atoms with Crippen molar-refractivity contribution in [2.45, 2.75) is 25.7 Å². The molecule has 1 aromatic rings. The number of carbonyl (C=O) groups is 1. The number of nitrogens with zero attached hydrogens (tertiary/aromatic N) is 2. The van der Waals surface area contributed by atoms with Crippen molar-refractivity contribution < 1.29 is 9.53 Å². The molecular formula is C13H19N3O2. The third kappa shape index (κ3) is 2.27. The van der Waals surface area contributed by atoms with Crippen molar-refractivity contribution in [2.75, 3.05) is 26.3 Å². The number of rotatable bonds is 3. The number of aromatic nitrogens is 2. The lowest BCUT2D eigenvalue weighted by molar-refractivity contribution is -0.137. The molecule has 5 nitrogen and oxygen atoms in total. The molecule has 3 heterocycles. The number of aromatic amines is 1. The van der Waals surface area contributed by atoms with E-state index in [0.717, 1.165) is 51.3 Å². The van der Waals surface area contributed by atoms with Crippen molar-refractivity contribution in [3.05, 3.63) is 18.2 Å². The third-order valence-corrected chi connectivity index (χ3v) is 4.14. The summed E-state index contributed by atoms with van der Waals surface area (Å²) in [5, 5.41) is 0. The molecule has 5 heteroatoms. The Morgan fingerprint density at radius 1 is 1.50 bits per heavy atom. The fourth-order valence-electron chi connectivity index (χ4n) is 2.95. The van der Waals surface area contributed by atoms with E-state index in [1.54, 1.807) is 6.33 Å². The van der Waals surface area contributed by atoms with Gasteiger partial charge < -0.3 is 14.6 Å². The fourth-order valence-corrected chi connectivity index (χ4v) is 2.95. The summed E-state index contributed by atoms with van der Waals surface area (Å²) in [7, 11) is 0. The van der Waals surface area contributed by atoms with Crippen molar-refractivity contribution in [3.8, 4) is 0 Å². The van der Waals surface area contributed by atoms with Gasteiger partial charge in [-0.05, 0) is 12.8 Å². The van der Waals surface area contributed by atoms with Gasteiger partial charge in [-0.25, -0.2) is 4.98 Å². The van der Waals surface area contributed by atoms with Gasteiger partial charge in [-0.15, -0.1) is 0 Å². The van der Waals surface area contributed by atoms with Crippen LogP contribution < -0.4 is 0 Å². The molecule has 0 radical (unpaired) electrons. The van der Waals surface area contributed by atoms with E-state index in [0.29, 0.717) is 6.42 Å². The Morgan fingerprint density at radius 3 is 3.17 bits per heavy atom. The van der Waals surface area contributed by atoms with Crippen molar-refractivity contribution in [2.24, 2.45) is 5.41 Å². The van der Waals surface area contributed by atoms with Crippen LogP contribution in [0, 0.1) is 5.41 Å². The van der Waals surface area contributed by atoms with E-state index in [1.807, 2.05) is 11.1 Å². The van der Waals surface area contributed by atoms with E-state index in [4.69, 9.17) is 4.74 Å². The molecule has 2 saturated heterocycles. The molecule has 18 heavy (non-hydrogen) atoms. The lowest BCUT2D eigenvalue weighted by Gasteiger charge is -2.39. The molecule has 0 saturated carbocycles. The summed E-state index contributed by atoms with van der Waals surface area (Å²) in [6.45, 7) is 3.31. The Morgan fingerprint density at radius 2 is 2.44 bits per heavy atom. The maximum atomic E-state index is 12.0. The number of hydrogen-bond donors (Lipinski definition) is 1. The van der Waals surface area contributed by atoms with Crippen molar-refractivity contribution in [1.29, 1.82) is 0 Å². The number of carbonyl (C=O) groups excluding carboxylic acids is 1. The molecule has 2 aliphatic rings. The molecule has 2 fully saturated rings. The van der Waals surface area contributed by atoms with Crippen LogP contribution in [0.2, 0.25) is 0 Å². The molecular weight excluding hydrogens is 230 g/mol. The number of ether oxygens (including phenoxy) is 1. The van der Waals surface area contributed by atoms with Crippen molar-refractivity contribution in [3.63, 3.8) is 0 Å². The first kappa shape index (κ1) is 11.7. The minimum absolute atomic E-state index is 0.238. The van der Waals surface area contributed by atoms with Gasteiger partial charge >= 0.3 is 0 Å². The van der Waals surface area contributed by atoms with Gasteiger partial charge in [-0.3, -0.25) is 4.79 Å². The van der Waals surface area contributed by atoms with Crippen LogP contribution in [0.5, 0.6) is 0 Å². The van der Waals surface area contributed by atoms with Gasteiger partial charge in [0.25, 0.3) is 0 Å². The second-order valence-corrected chi connectivity index (χ2v) is 5.44. The van der Waals surface area contributed by atoms with Crippen LogP contribution in [0.1, 0.15) is 25.0 Å². The largest absolute Gasteiger partial charge is 0.381 e. The minimum Gasteiger partial charge on any atom is -0.381 e. The second kappa shape index (κ2) is 4.72. The first-order chi connectivity index (χ1) is 8.77. The Kier molecular flexibility index (Phi) is 3.07. The lowest BCUT2D eigenvalue weighted by atomic mass is 9.79. The Balaban J connectivity index is 1.61. The van der Waals surface area contributed by atoms with Crippen molar-refractivity contribution in [1.82, 2.24) is 14.9 Å². The SMILES string of the molecule is O=C1CCC2(CCOC2)CN1CCc1cnc[nH]1. The van der Waals surface area contributed by atoms with E-state index in [-0.39, 0.29) is 11.3 Å². The molecule has 3 rings (SSSR count). The maximum Gasteiger partial charge on any atom is 0.222 e. The fraction of sp³-hybridized carbons (Fsp3) is 0.692. The summed E-state index contributed by atoms with van der Waals surface area (Å²) in [5.74, 6) is 0.284. The predicted octanol–water partition coefficient (Wildman–Crippen LogP) is 0.981. The van der Waals surface area contributed by atoms with Gasteiger partial charge in [0.05, 0.1) is 12.9 Å². The Labute approximate surface area is 107 Å². The van der Waals surface area contributed by atoms with Gasteiger partial charge in [0, 0.05) is 49.8 Å². The average Bonchev–Trinajstić information content (AvgIpc) is 3.03. The number of H-pyrrole nitrogens is 1. The normalized spacial score (nSPS) is 28.2. The minimum atomic E-state index is 0.238. The highest BCUT2D eigenvalue weighted by Crippen LogP contribution is 2.37. The summed E-state index contributed by atoms with van der Waals surface area (Å²) in [6, 6.07) is 0. The van der Waals surface area contributed by atoms with Gasteiger partial charge in [0.2, 0.25) is 5.91 Å². The van der Waals surface area contributed by atoms with Gasteiger partial charge in [0.15, 0.2) is 0 Å². The van der Waals surface area contributed by atoms with Gasteiger partial charge in [-0.2, -0.15) is 0 Å². The van der Waals surface area contributed by atoms with Crippen LogP contribution in [-0.4, -0.2) is 47.1 Å². The first-order valence-corrected chi connectivity index (χ1v) is 6.60. The molecule has 1 atom stereocenters. The van der Waals surface area contributed by atoms with E-state index in [1.165, 1.54) is 0 Å². The zero-order valence-electron chi connectivity index (χ0n) is 10.5. The maximum absolute atomic E-state index is 12.0. The predicted molar refractivity (Wildman–Crippen MR) is 66.0 cm³/mol. The summed E-state index contributed by atoms with van der Waals surface area (Å²) in [4.78, 5) is 21.0. The van der Waals surface area contributed by atoms with Crippen LogP contribution in [-0.2, 0) is 16.0 Å². The monoisotopic (exact) mass is 249 g/mol. The molecule has 2 aliphatic heterocycles. The topological polar surface area (TPSA) is 58.2 Å². The zero-order valence-corrected chi connectivity index (χ0v) is 10.5. The van der Waals surface area contributed by atoms with Crippen LogP contribution in [0.4, 0.5) is 0 Å². The first-order valence-electron chi connectivity index (χ1n) is 6.60. The number of nitrogens with one attached hydrogen (secondary N) is 1. The van der Waals surface area contributed by atoms with E-state index >= 15 is 0 Å². The van der Waals surface area contributed by atoms with Crippen LogP contribution in [0.25, 0.3) is 0 Å². The van der Waals surface area contributed by atoms with Crippen LogP contribution in [0.15, 0.2) is 12.5 Å². The Bertz CT molecular complexity index is 410. The zero-order chi connectivity index (χ0) is 12.4. The number of piperidine rings is 1. The molecule has 1 spiro atoms. The van der Waals surface area contributed by atoms with Crippen LogP contribution in [0.3, 0.4) is 0 Å². The summed E-state index contributed by atoms with van der Waals surface area (Å²) < 4.78 is 5.52. The standard InChI is InChI=1S/C13H19N3O2/c17-12-1-3-13(4-6-18-9-13)8-16(12)5-2-11-7-14-10-15-11/h7,10H,1-6,8-9H2,(H,14,15). The highest BCUT2D eigenvalue weighted by molar-refractivity contribution is 5.77. The molecule has 0 aliphatic carbocycles. The van der Waals surface area contributed by atoms with E-state index in [2.05, 4.69) is 9.97 Å². The smallest absolute Gasteiger partial charge is 0.222 e. The number of imidazole rings is 1. The van der Waals surface area contributed by atoms with E-state index in [9.17, 15) is 4.79 Å². The van der Waals surface area contributed by atoms with Crippen LogP contribution >= 0.6 is 0 Å². The lowest BCUT2D eigenvalue weighted by Crippen LogP contribution is -2.47. The molecule has 1 amide bonds. The third-order valence-electron chi connectivity index (χ3n) is 4.14. The summed E-state index contributed by atoms with van der Waals surface area (Å²) in [6.07, 6.45) is 7.12. The summed E-state index contributed by atoms with van der Waals surface area (Å²) in [5.41, 5.74) is 1.33. The quantitative estimate of drug-likeness (QED) is 0.868. The van der Waals surface area contributed by atoms with E-state index < -0.39 is 0 Å². The highest BCUT2D eigenvalue weighted by atomic mass is 16.5. The molecule has 98 valence electrons. The second-order valence-electron chi connectivity index (χ2n) is 5.44. The highest BCUT2D eigenvalue weighted by Gasteiger charge is 2.41. The summed E-state index contributed by atoms with van der Waals surface area (Å²) >= 11 is 0. The van der Waals surface area contributed by atoms with Crippen molar-refractivity contribution >= 4 is 5.91 Å². The number of hydrogen-bond acceptors (Lipinski definition) is 3. The number of amides is 1.